The van der Waals surface area contributed by atoms with E-state index in [1.54, 1.807) is 24.3 Å². The van der Waals surface area contributed by atoms with Crippen LogP contribution in [0.1, 0.15) is 48.3 Å². The Bertz CT molecular complexity index is 866. The fourth-order valence-electron chi connectivity index (χ4n) is 3.03. The molecule has 162 valence electrons. The summed E-state index contributed by atoms with van der Waals surface area (Å²) in [6.07, 6.45) is -2.62. The second-order valence-electron chi connectivity index (χ2n) is 7.68. The summed E-state index contributed by atoms with van der Waals surface area (Å²) in [5, 5.41) is 2.96. The van der Waals surface area contributed by atoms with Crippen molar-refractivity contribution in [1.29, 1.82) is 0 Å². The molecule has 1 aliphatic rings. The van der Waals surface area contributed by atoms with Gasteiger partial charge in [0.1, 0.15) is 5.82 Å². The van der Waals surface area contributed by atoms with Gasteiger partial charge in [-0.3, -0.25) is 4.79 Å². The molecule has 3 rings (SSSR count). The SMILES string of the molecule is CC(C)CNC(=O)c1ccc(CSc2nc(N3CCCC3)cc(C(F)(F)F)n2)cc1. The Morgan fingerprint density at radius 1 is 1.17 bits per heavy atom. The number of carbonyl (C=O) groups excluding carboxylic acids is 1. The monoisotopic (exact) mass is 438 g/mol. The number of thioether (sulfide) groups is 1. The van der Waals surface area contributed by atoms with Crippen molar-refractivity contribution < 1.29 is 18.0 Å². The van der Waals surface area contributed by atoms with Crippen LogP contribution in [0.15, 0.2) is 35.5 Å². The quantitative estimate of drug-likeness (QED) is 0.498. The Morgan fingerprint density at radius 3 is 2.43 bits per heavy atom. The summed E-state index contributed by atoms with van der Waals surface area (Å²) in [4.78, 5) is 22.0. The molecule has 1 N–H and O–H groups in total. The molecule has 1 aromatic carbocycles. The zero-order valence-corrected chi connectivity index (χ0v) is 17.8. The Labute approximate surface area is 178 Å². The first-order valence-electron chi connectivity index (χ1n) is 9.93. The lowest BCUT2D eigenvalue weighted by Gasteiger charge is -2.18. The molecular weight excluding hydrogens is 413 g/mol. The van der Waals surface area contributed by atoms with Crippen LogP contribution in [0.4, 0.5) is 19.0 Å². The first-order valence-corrected chi connectivity index (χ1v) is 10.9. The summed E-state index contributed by atoms with van der Waals surface area (Å²) in [6.45, 7) is 6.05. The maximum absolute atomic E-state index is 13.3. The summed E-state index contributed by atoms with van der Waals surface area (Å²) in [5.74, 6) is 0.964. The van der Waals surface area contributed by atoms with Crippen LogP contribution in [0.5, 0.6) is 0 Å². The van der Waals surface area contributed by atoms with Gasteiger partial charge in [0.15, 0.2) is 10.9 Å². The first-order chi connectivity index (χ1) is 14.2. The molecule has 0 bridgehead atoms. The van der Waals surface area contributed by atoms with Crippen molar-refractivity contribution in [3.63, 3.8) is 0 Å². The molecule has 0 saturated carbocycles. The first kappa shape index (κ1) is 22.4. The number of nitrogens with zero attached hydrogens (tertiary/aromatic N) is 3. The fraction of sp³-hybridized carbons (Fsp3) is 0.476. The Morgan fingerprint density at radius 2 is 1.83 bits per heavy atom. The van der Waals surface area contributed by atoms with E-state index in [1.807, 2.05) is 18.7 Å². The van der Waals surface area contributed by atoms with Gasteiger partial charge in [0.05, 0.1) is 0 Å². The predicted molar refractivity (Wildman–Crippen MR) is 112 cm³/mol. The molecule has 1 saturated heterocycles. The second-order valence-corrected chi connectivity index (χ2v) is 8.62. The highest BCUT2D eigenvalue weighted by Gasteiger charge is 2.34. The molecule has 1 amide bonds. The van der Waals surface area contributed by atoms with E-state index in [1.165, 1.54) is 0 Å². The number of alkyl halides is 3. The third kappa shape index (κ3) is 6.10. The van der Waals surface area contributed by atoms with Gasteiger partial charge in [0.25, 0.3) is 5.91 Å². The number of aromatic nitrogens is 2. The maximum Gasteiger partial charge on any atom is 0.433 e. The van der Waals surface area contributed by atoms with E-state index in [-0.39, 0.29) is 11.1 Å². The van der Waals surface area contributed by atoms with Crippen molar-refractivity contribution in [2.75, 3.05) is 24.5 Å². The third-order valence-electron chi connectivity index (χ3n) is 4.67. The lowest BCUT2D eigenvalue weighted by Crippen LogP contribution is -2.27. The van der Waals surface area contributed by atoms with Crippen molar-refractivity contribution >= 4 is 23.5 Å². The molecule has 5 nitrogen and oxygen atoms in total. The highest BCUT2D eigenvalue weighted by Crippen LogP contribution is 2.33. The van der Waals surface area contributed by atoms with Gasteiger partial charge in [0.2, 0.25) is 0 Å². The summed E-state index contributed by atoms with van der Waals surface area (Å²) >= 11 is 1.16. The molecule has 30 heavy (non-hydrogen) atoms. The van der Waals surface area contributed by atoms with E-state index in [4.69, 9.17) is 0 Å². The normalized spacial score (nSPS) is 14.4. The molecule has 0 spiro atoms. The summed E-state index contributed by atoms with van der Waals surface area (Å²) in [5.41, 5.74) is 0.513. The Kier molecular flexibility index (Phi) is 7.23. The Hall–Kier alpha value is -2.29. The summed E-state index contributed by atoms with van der Waals surface area (Å²) < 4.78 is 39.8. The van der Waals surface area contributed by atoms with E-state index in [2.05, 4.69) is 15.3 Å². The van der Waals surface area contributed by atoms with Crippen molar-refractivity contribution in [1.82, 2.24) is 15.3 Å². The van der Waals surface area contributed by atoms with Crippen LogP contribution in [0, 0.1) is 5.92 Å². The average molecular weight is 439 g/mol. The topological polar surface area (TPSA) is 58.1 Å². The van der Waals surface area contributed by atoms with Crippen molar-refractivity contribution in [3.05, 3.63) is 47.2 Å². The number of rotatable bonds is 7. The van der Waals surface area contributed by atoms with Gasteiger partial charge in [0, 0.05) is 37.0 Å². The molecule has 9 heteroatoms. The zero-order chi connectivity index (χ0) is 21.7. The minimum Gasteiger partial charge on any atom is -0.356 e. The average Bonchev–Trinajstić information content (AvgIpc) is 3.25. The van der Waals surface area contributed by atoms with Crippen LogP contribution in [0.25, 0.3) is 0 Å². The van der Waals surface area contributed by atoms with Crippen molar-refractivity contribution in [2.24, 2.45) is 5.92 Å². The van der Waals surface area contributed by atoms with Gasteiger partial charge >= 0.3 is 6.18 Å². The van der Waals surface area contributed by atoms with Crippen molar-refractivity contribution in [2.45, 2.75) is 43.8 Å². The molecule has 1 aliphatic heterocycles. The molecule has 1 aromatic heterocycles. The predicted octanol–water partition coefficient (Wildman–Crippen LogP) is 4.77. The van der Waals surface area contributed by atoms with Crippen LogP contribution in [0.2, 0.25) is 0 Å². The Balaban J connectivity index is 1.68. The smallest absolute Gasteiger partial charge is 0.356 e. The van der Waals surface area contributed by atoms with E-state index in [0.717, 1.165) is 36.2 Å². The van der Waals surface area contributed by atoms with Gasteiger partial charge in [-0.25, -0.2) is 9.97 Å². The number of hydrogen-bond acceptors (Lipinski definition) is 5. The molecular formula is C21H25F3N4OS. The van der Waals surface area contributed by atoms with Crippen LogP contribution >= 0.6 is 11.8 Å². The molecule has 1 fully saturated rings. The molecule has 2 heterocycles. The minimum atomic E-state index is -4.52. The standard InChI is InChI=1S/C21H25F3N4OS/c1-14(2)12-25-19(29)16-7-5-15(6-8-16)13-30-20-26-17(21(22,23)24)11-18(27-20)28-9-3-4-10-28/h5-8,11,14H,3-4,9-10,12-13H2,1-2H3,(H,25,29). The number of halogens is 3. The van der Waals surface area contributed by atoms with Gasteiger partial charge < -0.3 is 10.2 Å². The van der Waals surface area contributed by atoms with Gasteiger partial charge in [-0.15, -0.1) is 0 Å². The molecule has 0 atom stereocenters. The van der Waals surface area contributed by atoms with Crippen LogP contribution in [-0.4, -0.2) is 35.5 Å². The molecule has 0 aliphatic carbocycles. The zero-order valence-electron chi connectivity index (χ0n) is 17.0. The second kappa shape index (κ2) is 9.68. The van der Waals surface area contributed by atoms with E-state index in [9.17, 15) is 18.0 Å². The largest absolute Gasteiger partial charge is 0.433 e. The number of amides is 1. The number of carbonyl (C=O) groups is 1. The van der Waals surface area contributed by atoms with Gasteiger partial charge in [-0.1, -0.05) is 37.7 Å². The van der Waals surface area contributed by atoms with Crippen molar-refractivity contribution in [3.8, 4) is 0 Å². The highest BCUT2D eigenvalue weighted by atomic mass is 32.2. The lowest BCUT2D eigenvalue weighted by molar-refractivity contribution is -0.141. The molecule has 2 aromatic rings. The minimum absolute atomic E-state index is 0.102. The molecule has 0 unspecified atom stereocenters. The van der Waals surface area contributed by atoms with Crippen LogP contribution < -0.4 is 10.2 Å². The van der Waals surface area contributed by atoms with Crippen LogP contribution in [0.3, 0.4) is 0 Å². The number of benzene rings is 1. The summed E-state index contributed by atoms with van der Waals surface area (Å²) in [7, 11) is 0. The van der Waals surface area contributed by atoms with E-state index in [0.29, 0.717) is 42.7 Å². The third-order valence-corrected chi connectivity index (χ3v) is 5.59. The highest BCUT2D eigenvalue weighted by molar-refractivity contribution is 7.98. The fourth-order valence-corrected chi connectivity index (χ4v) is 3.84. The number of hydrogen-bond donors (Lipinski definition) is 1. The summed E-state index contributed by atoms with van der Waals surface area (Å²) in [6, 6.07) is 8.06. The maximum atomic E-state index is 13.3. The van der Waals surface area contributed by atoms with E-state index >= 15 is 0 Å². The van der Waals surface area contributed by atoms with Crippen LogP contribution in [-0.2, 0) is 11.9 Å². The molecule has 0 radical (unpaired) electrons. The van der Waals surface area contributed by atoms with Gasteiger partial charge in [-0.05, 0) is 36.5 Å². The van der Waals surface area contributed by atoms with E-state index < -0.39 is 11.9 Å². The number of nitrogens with one attached hydrogen (secondary N) is 1. The van der Waals surface area contributed by atoms with Gasteiger partial charge in [-0.2, -0.15) is 13.2 Å². The lowest BCUT2D eigenvalue weighted by atomic mass is 10.1. The number of anilines is 1.